The zero-order valence-electron chi connectivity index (χ0n) is 9.17. The third kappa shape index (κ3) is 2.16. The Balaban J connectivity index is 2.45. The van der Waals surface area contributed by atoms with Crippen molar-refractivity contribution in [2.75, 3.05) is 6.61 Å². The molecule has 18 heavy (non-hydrogen) atoms. The second kappa shape index (κ2) is 4.96. The third-order valence-corrected chi connectivity index (χ3v) is 3.48. The van der Waals surface area contributed by atoms with Crippen molar-refractivity contribution >= 4 is 22.6 Å². The number of hydrogen-bond acceptors (Lipinski definition) is 5. The number of halogens is 1. The number of nitrogens with zero attached hydrogens (tertiary/aromatic N) is 1. The summed E-state index contributed by atoms with van der Waals surface area (Å²) in [5.74, 6) is 0. The fourth-order valence-corrected chi connectivity index (χ4v) is 2.17. The van der Waals surface area contributed by atoms with Gasteiger partial charge in [-0.2, -0.15) is 0 Å². The molecule has 3 atom stereocenters. The molecule has 1 aliphatic heterocycles. The predicted molar refractivity (Wildman–Crippen MR) is 70.2 cm³/mol. The molecular weight excluding hydrogens is 355 g/mol. The van der Waals surface area contributed by atoms with E-state index in [2.05, 4.69) is 11.6 Å². The smallest absolute Gasteiger partial charge is 0.330 e. The monoisotopic (exact) mass is 366 g/mol. The zero-order valence-corrected chi connectivity index (χ0v) is 11.3. The summed E-state index contributed by atoms with van der Waals surface area (Å²) in [5, 5.41) is 18.7. The summed E-state index contributed by atoms with van der Waals surface area (Å²) < 4.78 is 6.77. The van der Waals surface area contributed by atoms with Crippen LogP contribution in [0, 0.1) is 3.57 Å². The van der Waals surface area contributed by atoms with E-state index in [1.54, 1.807) is 22.6 Å². The van der Waals surface area contributed by atoms with E-state index in [4.69, 9.17) is 9.84 Å². The molecule has 1 aromatic rings. The predicted octanol–water partition coefficient (Wildman–Crippen LogP) is -1.05. The molecule has 0 aliphatic carbocycles. The lowest BCUT2D eigenvalue weighted by molar-refractivity contribution is -0.0448. The van der Waals surface area contributed by atoms with Crippen molar-refractivity contribution in [3.63, 3.8) is 0 Å². The van der Waals surface area contributed by atoms with Crippen molar-refractivity contribution in [1.82, 2.24) is 9.55 Å². The molecule has 1 saturated heterocycles. The Kier molecular flexibility index (Phi) is 3.71. The second-order valence-corrected chi connectivity index (χ2v) is 5.03. The number of nitrogens with one attached hydrogen (secondary N) is 1. The number of aromatic nitrogens is 2. The van der Waals surface area contributed by atoms with Crippen LogP contribution < -0.4 is 11.2 Å². The van der Waals surface area contributed by atoms with Crippen molar-refractivity contribution < 1.29 is 14.9 Å². The van der Waals surface area contributed by atoms with Gasteiger partial charge in [0.15, 0.2) is 6.23 Å². The summed E-state index contributed by atoms with van der Waals surface area (Å²) in [4.78, 5) is 25.0. The van der Waals surface area contributed by atoms with E-state index in [1.807, 2.05) is 0 Å². The molecule has 8 heteroatoms. The molecule has 1 fully saturated rings. The summed E-state index contributed by atoms with van der Waals surface area (Å²) in [7, 11) is 0. The highest BCUT2D eigenvalue weighted by atomic mass is 127. The minimum Gasteiger partial charge on any atom is -0.394 e. The Morgan fingerprint density at radius 2 is 2.22 bits per heavy atom. The maximum absolute atomic E-state index is 11.7. The van der Waals surface area contributed by atoms with Crippen molar-refractivity contribution in [1.29, 1.82) is 0 Å². The summed E-state index contributed by atoms with van der Waals surface area (Å²) in [6.07, 6.45) is -1.44. The molecule has 1 aromatic heterocycles. The van der Waals surface area contributed by atoms with E-state index in [0.29, 0.717) is 3.57 Å². The molecule has 2 rings (SSSR count). The molecule has 0 amide bonds. The van der Waals surface area contributed by atoms with Crippen LogP contribution in [0.1, 0.15) is 6.23 Å². The molecule has 7 nitrogen and oxygen atoms in total. The van der Waals surface area contributed by atoms with Crippen LogP contribution in [0.2, 0.25) is 0 Å². The fourth-order valence-electron chi connectivity index (χ4n) is 1.73. The van der Waals surface area contributed by atoms with Crippen LogP contribution >= 0.6 is 22.6 Å². The Bertz CT molecular complexity index is 593. The summed E-state index contributed by atoms with van der Waals surface area (Å²) in [6, 6.07) is 0. The maximum atomic E-state index is 11.7. The quantitative estimate of drug-likeness (QED) is 0.458. The average molecular weight is 366 g/mol. The van der Waals surface area contributed by atoms with E-state index in [0.717, 1.165) is 4.57 Å². The zero-order chi connectivity index (χ0) is 13.4. The van der Waals surface area contributed by atoms with Crippen molar-refractivity contribution in [2.45, 2.75) is 18.4 Å². The van der Waals surface area contributed by atoms with Gasteiger partial charge >= 0.3 is 5.69 Å². The first-order valence-electron chi connectivity index (χ1n) is 5.09. The first kappa shape index (κ1) is 13.5. The Morgan fingerprint density at radius 3 is 2.78 bits per heavy atom. The number of aromatic amines is 1. The van der Waals surface area contributed by atoms with Gasteiger partial charge in [-0.15, -0.1) is 0 Å². The molecule has 3 N–H and O–H groups in total. The highest BCUT2D eigenvalue weighted by Gasteiger charge is 2.38. The van der Waals surface area contributed by atoms with Gasteiger partial charge in [-0.1, -0.05) is 6.58 Å². The number of H-pyrrole nitrogens is 1. The third-order valence-electron chi connectivity index (χ3n) is 2.71. The molecule has 0 bridgehead atoms. The topological polar surface area (TPSA) is 105 Å². The number of rotatable bonds is 2. The average Bonchev–Trinajstić information content (AvgIpc) is 2.61. The molecule has 1 unspecified atom stereocenters. The van der Waals surface area contributed by atoms with Gasteiger partial charge in [0, 0.05) is 11.8 Å². The van der Waals surface area contributed by atoms with E-state index in [-0.39, 0.29) is 12.2 Å². The molecule has 0 spiro atoms. The largest absolute Gasteiger partial charge is 0.394 e. The van der Waals surface area contributed by atoms with Crippen molar-refractivity contribution in [3.05, 3.63) is 42.8 Å². The van der Waals surface area contributed by atoms with E-state index in [9.17, 15) is 14.7 Å². The number of aliphatic hydroxyl groups excluding tert-OH is 2. The fraction of sp³-hybridized carbons (Fsp3) is 0.400. The molecule has 0 saturated carbocycles. The lowest BCUT2D eigenvalue weighted by Gasteiger charge is -2.14. The minimum atomic E-state index is -1.04. The van der Waals surface area contributed by atoms with E-state index >= 15 is 0 Å². The van der Waals surface area contributed by atoms with Crippen LogP contribution in [-0.2, 0) is 4.74 Å². The number of aliphatic hydroxyl groups is 2. The highest BCUT2D eigenvalue weighted by Crippen LogP contribution is 2.31. The van der Waals surface area contributed by atoms with Crippen LogP contribution in [0.3, 0.4) is 0 Å². The molecule has 0 aromatic carbocycles. The van der Waals surface area contributed by atoms with Gasteiger partial charge in [0.25, 0.3) is 5.56 Å². The van der Waals surface area contributed by atoms with Crippen LogP contribution in [0.25, 0.3) is 0 Å². The highest BCUT2D eigenvalue weighted by molar-refractivity contribution is 14.1. The molecule has 0 radical (unpaired) electrons. The van der Waals surface area contributed by atoms with Crippen LogP contribution in [0.15, 0.2) is 27.9 Å². The molecule has 98 valence electrons. The van der Waals surface area contributed by atoms with Gasteiger partial charge < -0.3 is 14.9 Å². The van der Waals surface area contributed by atoms with Gasteiger partial charge in [0.1, 0.15) is 12.2 Å². The normalized spacial score (nSPS) is 27.7. The summed E-state index contributed by atoms with van der Waals surface area (Å²) >= 11 is 1.78. The minimum absolute atomic E-state index is 0.263. The maximum Gasteiger partial charge on any atom is 0.330 e. The Morgan fingerprint density at radius 1 is 1.56 bits per heavy atom. The second-order valence-electron chi connectivity index (χ2n) is 3.87. The van der Waals surface area contributed by atoms with Gasteiger partial charge in [-0.25, -0.2) is 4.79 Å². The standard InChI is InChI=1S/C10H11IN2O5/c1-4-7(15)6(3-14)18-9(4)13-2-5(11)8(16)12-10(13)17/h2,6-7,9,14-15H,1,3H2,(H,12,16,17)/t6-,7-,9?/m1/s1. The SMILES string of the molecule is C=C1C(n2cc(I)c(=O)[nH]c2=O)O[C@H](CO)[C@@H]1O. The van der Waals surface area contributed by atoms with Gasteiger partial charge in [-0.3, -0.25) is 14.3 Å². The van der Waals surface area contributed by atoms with Gasteiger partial charge in [-0.05, 0) is 22.6 Å². The number of hydrogen-bond donors (Lipinski definition) is 3. The van der Waals surface area contributed by atoms with E-state index < -0.39 is 29.7 Å². The lowest BCUT2D eigenvalue weighted by Crippen LogP contribution is -2.34. The summed E-state index contributed by atoms with van der Waals surface area (Å²) in [5.41, 5.74) is -0.879. The summed E-state index contributed by atoms with van der Waals surface area (Å²) in [6.45, 7) is 3.26. The van der Waals surface area contributed by atoms with Gasteiger partial charge in [0.05, 0.1) is 10.2 Å². The van der Waals surface area contributed by atoms with Crippen LogP contribution in [0.5, 0.6) is 0 Å². The van der Waals surface area contributed by atoms with E-state index in [1.165, 1.54) is 6.20 Å². The van der Waals surface area contributed by atoms with Crippen molar-refractivity contribution in [2.24, 2.45) is 0 Å². The molecule has 2 heterocycles. The Labute approximate surface area is 115 Å². The van der Waals surface area contributed by atoms with Crippen LogP contribution in [-0.4, -0.2) is 38.6 Å². The first-order valence-corrected chi connectivity index (χ1v) is 6.17. The van der Waals surface area contributed by atoms with Crippen LogP contribution in [0.4, 0.5) is 0 Å². The lowest BCUT2D eigenvalue weighted by atomic mass is 10.1. The molecular formula is C10H11IN2O5. The van der Waals surface area contributed by atoms with Crippen molar-refractivity contribution in [3.8, 4) is 0 Å². The Hall–Kier alpha value is -0.970. The number of ether oxygens (including phenoxy) is 1. The first-order chi connectivity index (χ1) is 8.45. The molecule has 1 aliphatic rings. The van der Waals surface area contributed by atoms with Gasteiger partial charge in [0.2, 0.25) is 0 Å².